The van der Waals surface area contributed by atoms with Crippen molar-refractivity contribution in [3.05, 3.63) is 65.5 Å². The Morgan fingerprint density at radius 1 is 1.00 bits per heavy atom. The molecule has 1 saturated carbocycles. The number of carbonyl (C=O) groups is 4. The molecular formula is C33H45N3O6. The minimum atomic E-state index is -0.738. The van der Waals surface area contributed by atoms with Crippen molar-refractivity contribution in [2.24, 2.45) is 17.8 Å². The Morgan fingerprint density at radius 2 is 1.69 bits per heavy atom. The van der Waals surface area contributed by atoms with Gasteiger partial charge in [-0.25, -0.2) is 4.98 Å². The molecule has 2 amide bonds. The summed E-state index contributed by atoms with van der Waals surface area (Å²) in [5.74, 6) is -0.950. The normalized spacial score (nSPS) is 15.7. The Labute approximate surface area is 249 Å². The van der Waals surface area contributed by atoms with E-state index in [0.717, 1.165) is 18.4 Å². The van der Waals surface area contributed by atoms with Gasteiger partial charge >= 0.3 is 11.9 Å². The molecule has 1 aliphatic carbocycles. The lowest BCUT2D eigenvalue weighted by Crippen LogP contribution is -2.42. The minimum absolute atomic E-state index is 0.0875. The number of amides is 2. The first-order chi connectivity index (χ1) is 20.0. The van der Waals surface area contributed by atoms with Crippen LogP contribution >= 0.6 is 0 Å². The number of benzene rings is 1. The van der Waals surface area contributed by atoms with Crippen LogP contribution in [0.25, 0.3) is 0 Å². The molecule has 0 saturated heterocycles. The number of methoxy groups -OCH3 is 1. The zero-order valence-electron chi connectivity index (χ0n) is 25.7. The van der Waals surface area contributed by atoms with E-state index in [1.54, 1.807) is 37.1 Å². The summed E-state index contributed by atoms with van der Waals surface area (Å²) in [4.78, 5) is 57.0. The largest absolute Gasteiger partial charge is 0.469 e. The highest BCUT2D eigenvalue weighted by atomic mass is 16.5. The van der Waals surface area contributed by atoms with Crippen molar-refractivity contribution in [1.29, 1.82) is 0 Å². The zero-order chi connectivity index (χ0) is 30.8. The van der Waals surface area contributed by atoms with Crippen LogP contribution in [0.2, 0.25) is 0 Å². The van der Waals surface area contributed by atoms with Gasteiger partial charge in [-0.3, -0.25) is 19.2 Å². The molecule has 0 aliphatic heterocycles. The summed E-state index contributed by atoms with van der Waals surface area (Å²) in [5, 5.41) is 3.04. The molecule has 0 spiro atoms. The molecule has 9 nitrogen and oxygen atoms in total. The number of nitrogens with zero attached hydrogens (tertiary/aromatic N) is 2. The third-order valence-electron chi connectivity index (χ3n) is 7.82. The van der Waals surface area contributed by atoms with E-state index in [0.29, 0.717) is 37.3 Å². The summed E-state index contributed by atoms with van der Waals surface area (Å²) in [6, 6.07) is 14.3. The van der Waals surface area contributed by atoms with Gasteiger partial charge in [-0.2, -0.15) is 0 Å². The van der Waals surface area contributed by atoms with Crippen LogP contribution in [-0.2, 0) is 30.3 Å². The van der Waals surface area contributed by atoms with E-state index in [1.165, 1.54) is 14.0 Å². The third-order valence-corrected chi connectivity index (χ3v) is 7.82. The van der Waals surface area contributed by atoms with Crippen molar-refractivity contribution in [3.63, 3.8) is 0 Å². The SMILES string of the molecule is COC(=O)C(C)CC(Cc1ccccc1)NC(=O)c1cccc(C(CC(C(C)C)N(C)C(=O)CC2CC2)OC(C)=O)n1. The Morgan fingerprint density at radius 3 is 2.29 bits per heavy atom. The van der Waals surface area contributed by atoms with Crippen molar-refractivity contribution < 1.29 is 28.7 Å². The Hall–Kier alpha value is -3.75. The van der Waals surface area contributed by atoms with Crippen LogP contribution in [0.1, 0.15) is 87.6 Å². The molecule has 0 radical (unpaired) electrons. The number of hydrogen-bond donors (Lipinski definition) is 1. The minimum Gasteiger partial charge on any atom is -0.469 e. The first-order valence-corrected chi connectivity index (χ1v) is 14.8. The Kier molecular flexibility index (Phi) is 12.1. The number of nitrogens with one attached hydrogen (secondary N) is 1. The standard InChI is InChI=1S/C33H45N3O6/c1-21(2)29(36(5)31(38)19-25-15-16-25)20-30(42-23(4)37)27-13-10-14-28(35-27)32(39)34-26(17-22(3)33(40)41-6)18-24-11-8-7-9-12-24/h7-14,21-22,25-26,29-30H,15-20H2,1-6H3,(H,34,39). The number of pyridine rings is 1. The average Bonchev–Trinajstić information content (AvgIpc) is 3.78. The van der Waals surface area contributed by atoms with Gasteiger partial charge in [0.05, 0.1) is 18.7 Å². The second-order valence-electron chi connectivity index (χ2n) is 11.8. The van der Waals surface area contributed by atoms with Crippen molar-refractivity contribution in [2.75, 3.05) is 14.2 Å². The van der Waals surface area contributed by atoms with E-state index < -0.39 is 23.9 Å². The first-order valence-electron chi connectivity index (χ1n) is 14.8. The van der Waals surface area contributed by atoms with E-state index in [4.69, 9.17) is 9.47 Å². The molecular weight excluding hydrogens is 534 g/mol. The van der Waals surface area contributed by atoms with Crippen molar-refractivity contribution in [2.45, 2.75) is 84.4 Å². The van der Waals surface area contributed by atoms with Gasteiger partial charge in [0, 0.05) is 38.9 Å². The number of carbonyl (C=O) groups excluding carboxylic acids is 4. The van der Waals surface area contributed by atoms with Crippen LogP contribution < -0.4 is 5.32 Å². The highest BCUT2D eigenvalue weighted by Crippen LogP contribution is 2.34. The fourth-order valence-corrected chi connectivity index (χ4v) is 5.26. The second kappa shape index (κ2) is 15.5. The molecule has 1 aromatic carbocycles. The van der Waals surface area contributed by atoms with Gasteiger partial charge in [-0.15, -0.1) is 0 Å². The Balaban J connectivity index is 1.80. The maximum Gasteiger partial charge on any atom is 0.308 e. The predicted octanol–water partition coefficient (Wildman–Crippen LogP) is 4.90. The van der Waals surface area contributed by atoms with Gasteiger partial charge in [0.1, 0.15) is 11.8 Å². The van der Waals surface area contributed by atoms with Crippen molar-refractivity contribution in [1.82, 2.24) is 15.2 Å². The molecule has 4 atom stereocenters. The lowest BCUT2D eigenvalue weighted by molar-refractivity contribution is -0.149. The van der Waals surface area contributed by atoms with Crippen molar-refractivity contribution in [3.8, 4) is 0 Å². The maximum absolute atomic E-state index is 13.4. The third kappa shape index (κ3) is 9.96. The number of aromatic nitrogens is 1. The van der Waals surface area contributed by atoms with Gasteiger partial charge < -0.3 is 19.7 Å². The van der Waals surface area contributed by atoms with E-state index >= 15 is 0 Å². The summed E-state index contributed by atoms with van der Waals surface area (Å²) in [7, 11) is 3.16. The van der Waals surface area contributed by atoms with Gasteiger partial charge in [-0.1, -0.05) is 57.2 Å². The second-order valence-corrected chi connectivity index (χ2v) is 11.8. The quantitative estimate of drug-likeness (QED) is 0.299. The molecule has 9 heteroatoms. The molecule has 228 valence electrons. The highest BCUT2D eigenvalue weighted by molar-refractivity contribution is 5.92. The Bertz CT molecular complexity index is 1210. The fourth-order valence-electron chi connectivity index (χ4n) is 5.26. The van der Waals surface area contributed by atoms with E-state index in [1.807, 2.05) is 44.2 Å². The van der Waals surface area contributed by atoms with E-state index in [9.17, 15) is 19.2 Å². The number of esters is 2. The molecule has 1 aromatic heterocycles. The zero-order valence-corrected chi connectivity index (χ0v) is 25.7. The van der Waals surface area contributed by atoms with Gasteiger partial charge in [0.2, 0.25) is 5.91 Å². The summed E-state index contributed by atoms with van der Waals surface area (Å²) in [5.41, 5.74) is 1.64. The summed E-state index contributed by atoms with van der Waals surface area (Å²) >= 11 is 0. The molecule has 1 N–H and O–H groups in total. The number of rotatable bonds is 15. The lowest BCUT2D eigenvalue weighted by Gasteiger charge is -2.34. The molecule has 1 fully saturated rings. The van der Waals surface area contributed by atoms with Gasteiger partial charge in [0.15, 0.2) is 0 Å². The van der Waals surface area contributed by atoms with Crippen LogP contribution in [-0.4, -0.2) is 59.9 Å². The average molecular weight is 580 g/mol. The van der Waals surface area contributed by atoms with Crippen LogP contribution in [0.15, 0.2) is 48.5 Å². The molecule has 3 rings (SSSR count). The molecule has 0 bridgehead atoms. The maximum atomic E-state index is 13.4. The van der Waals surface area contributed by atoms with E-state index in [2.05, 4.69) is 10.3 Å². The topological polar surface area (TPSA) is 115 Å². The van der Waals surface area contributed by atoms with Crippen LogP contribution in [0.4, 0.5) is 0 Å². The highest BCUT2D eigenvalue weighted by Gasteiger charge is 2.32. The predicted molar refractivity (Wildman–Crippen MR) is 159 cm³/mol. The van der Waals surface area contributed by atoms with Gasteiger partial charge in [-0.05, 0) is 55.2 Å². The molecule has 1 aliphatic rings. The lowest BCUT2D eigenvalue weighted by atomic mass is 9.94. The van der Waals surface area contributed by atoms with Crippen LogP contribution in [0.5, 0.6) is 0 Å². The fraction of sp³-hybridized carbons (Fsp3) is 0.545. The first kappa shape index (κ1) is 32.8. The monoisotopic (exact) mass is 579 g/mol. The summed E-state index contributed by atoms with van der Waals surface area (Å²) in [6.45, 7) is 7.19. The number of ether oxygens (including phenoxy) is 2. The van der Waals surface area contributed by atoms with Crippen LogP contribution in [0, 0.1) is 17.8 Å². The summed E-state index contributed by atoms with van der Waals surface area (Å²) in [6.07, 6.45) is 3.25. The molecule has 4 unspecified atom stereocenters. The van der Waals surface area contributed by atoms with Crippen LogP contribution in [0.3, 0.4) is 0 Å². The van der Waals surface area contributed by atoms with Crippen molar-refractivity contribution >= 4 is 23.8 Å². The molecule has 2 aromatic rings. The van der Waals surface area contributed by atoms with E-state index in [-0.39, 0.29) is 35.6 Å². The van der Waals surface area contributed by atoms with Gasteiger partial charge in [0.25, 0.3) is 5.91 Å². The smallest absolute Gasteiger partial charge is 0.308 e. The molecule has 42 heavy (non-hydrogen) atoms. The number of hydrogen-bond acceptors (Lipinski definition) is 7. The molecule has 1 heterocycles. The summed E-state index contributed by atoms with van der Waals surface area (Å²) < 4.78 is 10.6.